The molecule has 7 unspecified atom stereocenters. The highest BCUT2D eigenvalue weighted by Crippen LogP contribution is 2.68. The zero-order valence-electron chi connectivity index (χ0n) is 83.4. The highest BCUT2D eigenvalue weighted by atomic mass is 32.7. The molecule has 1 aliphatic carbocycles. The van der Waals surface area contributed by atoms with Gasteiger partial charge in [-0.2, -0.15) is 13.2 Å². The minimum Gasteiger partial charge on any atom is -0.497 e. The van der Waals surface area contributed by atoms with Crippen molar-refractivity contribution in [2.75, 3.05) is 59.1 Å². The minimum atomic E-state index is -4.41. The number of para-hydroxylation sites is 4. The molecule has 0 aromatic heterocycles. The number of methoxy groups -OCH3 is 1. The first kappa shape index (κ1) is 123. The Morgan fingerprint density at radius 3 is 1.05 bits per heavy atom. The van der Waals surface area contributed by atoms with Crippen LogP contribution in [-0.4, -0.2) is 64.4 Å². The molecule has 7 atom stereocenters. The lowest BCUT2D eigenvalue weighted by Crippen LogP contribution is -2.09. The van der Waals surface area contributed by atoms with Crippen LogP contribution in [0.4, 0.5) is 13.2 Å². The summed E-state index contributed by atoms with van der Waals surface area (Å²) in [7, 11) is 1.59. The molecule has 146 heavy (non-hydrogen) atoms. The SMILES string of the molecule is CCCCCCSP(=O)(OCC)Oc1ccccc1.CCOP(=O)(Oc1ccc(C)cc1)Sc1ccccc1.CCOP(=O)(Oc1ccc(OC)cc1)Sc1ccccc1.CCOP(=O)(Oc1ccc2ccccc2c1)Sc1ccccc1.CCOP(=O)(Oc1ccccc1)SC1CCCCC1.CCOP(=O)(Oc1ccccc1)SCc1cccc(C(F)(F)F)c1.CCOP(=O)(Oc1ccccc1C)Sc1ccccc1. The fourth-order valence-electron chi connectivity index (χ4n) is 12.6. The molecule has 0 saturated heterocycles. The molecule has 1 fully saturated rings. The largest absolute Gasteiger partial charge is 0.497 e. The van der Waals surface area contributed by atoms with Crippen molar-refractivity contribution >= 4 is 138 Å². The Balaban J connectivity index is 0.000000208. The molecular formula is C107H128F3O22P7S7. The van der Waals surface area contributed by atoms with E-state index in [0.29, 0.717) is 96.5 Å². The smallest absolute Gasteiger partial charge is 0.444 e. The molecule has 1 aliphatic rings. The Hall–Kier alpha value is -7.91. The first-order chi connectivity index (χ1) is 70.3. The summed E-state index contributed by atoms with van der Waals surface area (Å²) in [6.07, 6.45) is 6.17. The number of halogens is 3. The summed E-state index contributed by atoms with van der Waals surface area (Å²) in [4.78, 5) is 3.40. The second-order valence-corrected chi connectivity index (χ2v) is 58.6. The second-order valence-electron chi connectivity index (χ2n) is 30.7. The predicted molar refractivity (Wildman–Crippen MR) is 601 cm³/mol. The van der Waals surface area contributed by atoms with Crippen molar-refractivity contribution in [2.24, 2.45) is 0 Å². The van der Waals surface area contributed by atoms with Gasteiger partial charge in [0.1, 0.15) is 46.0 Å². The molecule has 22 nitrogen and oxygen atoms in total. The molecule has 0 radical (unpaired) electrons. The summed E-state index contributed by atoms with van der Waals surface area (Å²) in [5.41, 5.74) is 1.71. The zero-order chi connectivity index (χ0) is 105. The van der Waals surface area contributed by atoms with Crippen LogP contribution in [0, 0.1) is 13.8 Å². The van der Waals surface area contributed by atoms with E-state index in [1.54, 1.807) is 126 Å². The van der Waals surface area contributed by atoms with Crippen molar-refractivity contribution in [1.82, 2.24) is 0 Å². The van der Waals surface area contributed by atoms with Gasteiger partial charge in [0, 0.05) is 81.9 Å². The van der Waals surface area contributed by atoms with Crippen molar-refractivity contribution in [3.8, 4) is 46.0 Å². The number of unbranched alkanes of at least 4 members (excludes halogenated alkanes) is 3. The predicted octanol–water partition coefficient (Wildman–Crippen LogP) is 38.7. The fourth-order valence-corrected chi connectivity index (χ4v) is 37.1. The van der Waals surface area contributed by atoms with Crippen LogP contribution in [0.5, 0.6) is 46.0 Å². The van der Waals surface area contributed by atoms with E-state index < -0.39 is 59.3 Å². The van der Waals surface area contributed by atoms with Crippen molar-refractivity contribution in [2.45, 2.75) is 164 Å². The summed E-state index contributed by atoms with van der Waals surface area (Å²) in [6, 6.07) is 105. The number of hydrogen-bond donors (Lipinski definition) is 0. The molecule has 13 aromatic carbocycles. The topological polar surface area (TPSA) is 258 Å². The molecule has 786 valence electrons. The maximum atomic E-state index is 13.0. The molecular weight excluding hydrogens is 2140 g/mol. The maximum Gasteiger partial charge on any atom is 0.444 e. The molecule has 0 aliphatic heterocycles. The summed E-state index contributed by atoms with van der Waals surface area (Å²) >= 11 is 8.05. The lowest BCUT2D eigenvalue weighted by molar-refractivity contribution is -0.137. The Labute approximate surface area is 887 Å². The molecule has 0 N–H and O–H groups in total. The highest BCUT2D eigenvalue weighted by Gasteiger charge is 2.37. The normalized spacial score (nSPS) is 14.6. The average Bonchev–Trinajstić information content (AvgIpc) is 0.822. The maximum absolute atomic E-state index is 13.0. The van der Waals surface area contributed by atoms with E-state index in [4.69, 9.17) is 68.1 Å². The number of rotatable bonds is 48. The van der Waals surface area contributed by atoms with E-state index in [1.165, 1.54) is 67.4 Å². The van der Waals surface area contributed by atoms with Gasteiger partial charge in [-0.05, 0) is 283 Å². The first-order valence-corrected chi connectivity index (χ1v) is 68.6. The number of benzene rings is 13. The molecule has 13 aromatic rings. The minimum absolute atomic E-state index is 0.0774. The summed E-state index contributed by atoms with van der Waals surface area (Å²) in [5, 5.41) is 2.55. The van der Waals surface area contributed by atoms with E-state index >= 15 is 0 Å². The second kappa shape index (κ2) is 66.7. The van der Waals surface area contributed by atoms with E-state index in [1.807, 2.05) is 277 Å². The van der Waals surface area contributed by atoms with Crippen LogP contribution in [-0.2, 0) is 75.6 Å². The van der Waals surface area contributed by atoms with Gasteiger partial charge >= 0.3 is 53.8 Å². The Morgan fingerprint density at radius 2 is 0.637 bits per heavy atom. The number of ether oxygens (including phenoxy) is 1. The summed E-state index contributed by atoms with van der Waals surface area (Å²) in [6.45, 7) is -1.95. The van der Waals surface area contributed by atoms with Crippen molar-refractivity contribution < 1.29 is 113 Å². The third-order valence-electron chi connectivity index (χ3n) is 19.2. The van der Waals surface area contributed by atoms with Crippen molar-refractivity contribution in [3.63, 3.8) is 0 Å². The molecule has 1 saturated carbocycles. The lowest BCUT2D eigenvalue weighted by atomic mass is 10.0. The van der Waals surface area contributed by atoms with Gasteiger partial charge in [0.2, 0.25) is 0 Å². The van der Waals surface area contributed by atoms with Gasteiger partial charge in [-0.15, -0.1) is 0 Å². The monoisotopic (exact) mass is 2260 g/mol. The van der Waals surface area contributed by atoms with E-state index in [2.05, 4.69) is 6.92 Å². The van der Waals surface area contributed by atoms with E-state index in [-0.39, 0.29) is 12.4 Å². The van der Waals surface area contributed by atoms with Gasteiger partial charge in [0.25, 0.3) is 0 Å². The van der Waals surface area contributed by atoms with Gasteiger partial charge in [0.15, 0.2) is 0 Å². The number of hydrogen-bond acceptors (Lipinski definition) is 29. The lowest BCUT2D eigenvalue weighted by Gasteiger charge is -2.25. The van der Waals surface area contributed by atoms with E-state index in [0.717, 1.165) is 136 Å². The first-order valence-electron chi connectivity index (χ1n) is 47.4. The average molecular weight is 2260 g/mol. The highest BCUT2D eigenvalue weighted by molar-refractivity contribution is 8.57. The number of fused-ring (bicyclic) bond motifs is 1. The number of aryl methyl sites for hydroxylation is 2. The quantitative estimate of drug-likeness (QED) is 0.0253. The molecule has 39 heteroatoms. The summed E-state index contributed by atoms with van der Waals surface area (Å²) < 4.78 is 209. The van der Waals surface area contributed by atoms with Crippen LogP contribution in [0.3, 0.4) is 0 Å². The summed E-state index contributed by atoms with van der Waals surface area (Å²) in [5.74, 6) is 5.36. The van der Waals surface area contributed by atoms with Crippen LogP contribution >= 0.6 is 127 Å². The third-order valence-corrected chi connectivity index (χ3v) is 45.2. The Bertz CT molecular complexity index is 6230. The number of alkyl halides is 3. The zero-order valence-corrected chi connectivity index (χ0v) is 95.4. The van der Waals surface area contributed by atoms with Crippen molar-refractivity contribution in [1.29, 1.82) is 0 Å². The third kappa shape index (κ3) is 48.2. The molecule has 0 heterocycles. The van der Waals surface area contributed by atoms with Gasteiger partial charge in [-0.25, -0.2) is 32.0 Å². The van der Waals surface area contributed by atoms with Gasteiger partial charge in [-0.3, -0.25) is 31.7 Å². The van der Waals surface area contributed by atoms with Crippen LogP contribution in [0.15, 0.2) is 371 Å². The van der Waals surface area contributed by atoms with Crippen LogP contribution in [0.1, 0.15) is 135 Å². The van der Waals surface area contributed by atoms with E-state index in [9.17, 15) is 45.1 Å². The van der Waals surface area contributed by atoms with Crippen LogP contribution in [0.25, 0.3) is 10.8 Å². The van der Waals surface area contributed by atoms with Crippen LogP contribution < -0.4 is 36.4 Å². The van der Waals surface area contributed by atoms with Gasteiger partial charge in [-0.1, -0.05) is 257 Å². The Morgan fingerprint density at radius 1 is 0.301 bits per heavy atom. The molecule has 0 amide bonds. The molecule has 14 rings (SSSR count). The van der Waals surface area contributed by atoms with Gasteiger partial charge in [0.05, 0.1) is 58.9 Å². The van der Waals surface area contributed by atoms with Gasteiger partial charge < -0.3 is 36.4 Å². The molecule has 0 bridgehead atoms. The Kier molecular flexibility index (Phi) is 56.3. The van der Waals surface area contributed by atoms with Crippen LogP contribution in [0.2, 0.25) is 0 Å². The standard InChI is InChI=1S/C18H17O3PS.C16H16F3O3PS.C15H17O4PS.2C15H17O3PS.C14H21O3PS.C14H23O3PS/c1-2-20-22(19,23-18-10-4-3-5-11-18)21-17-13-12-15-8-6-7-9-16(15)14-17;1-2-21-23(20,22-15-9-4-3-5-10-15)24-12-13-7-6-8-14(11-13)16(17,18)19;1-3-18-20(16,21-15-7-5-4-6-8-15)19-14-11-9-13(17-2)10-12-14;1-3-17-19(16,20-14-10-5-4-6-11-14)18-15-12-8-7-9-13(15)2;1-3-17-19(16,20-15-7-5-4-6-8-15)18-14-11-9-13(2)10-12-14;1-2-16-18(15,17-13-9-5-3-6-10-13)19-14-11-7-4-8-12-14;1-3-5-6-10-13-19-18(15,16-4-2)17-14-11-8-7-9-12-14/h3-14H,2H2,1H3;3-11H,2,12H2,1H3;4-12H,3H2,1-2H3;2*4-12H,3H2,1-2H3;3,5-6,9-10,14H,2,4,7-8,11-12H2,1H3;7-9,11-12H,3-6,10,13H2,1-2H3. The fraction of sp³-hybridized carbons (Fsp3) is 0.290. The van der Waals surface area contributed by atoms with Crippen molar-refractivity contribution in [3.05, 3.63) is 374 Å². The molecule has 0 spiro atoms.